The highest BCUT2D eigenvalue weighted by molar-refractivity contribution is 7.20. The third kappa shape index (κ3) is 2.74. The van der Waals surface area contributed by atoms with Crippen LogP contribution in [0, 0.1) is 20.8 Å². The minimum absolute atomic E-state index is 0.150. The van der Waals surface area contributed by atoms with Crippen LogP contribution in [0.5, 0.6) is 0 Å². The maximum atomic E-state index is 12.8. The molecule has 0 radical (unpaired) electrons. The number of benzene rings is 1. The highest BCUT2D eigenvalue weighted by atomic mass is 32.1. The minimum atomic E-state index is -0.150. The van der Waals surface area contributed by atoms with Crippen LogP contribution in [0.3, 0.4) is 0 Å². The normalized spacial score (nSPS) is 11.4. The van der Waals surface area contributed by atoms with Crippen molar-refractivity contribution in [2.45, 2.75) is 34.1 Å². The summed E-state index contributed by atoms with van der Waals surface area (Å²) in [4.78, 5) is 27.7. The molecule has 0 aliphatic rings. The summed E-state index contributed by atoms with van der Waals surface area (Å²) in [5, 5.41) is 3.92. The van der Waals surface area contributed by atoms with Gasteiger partial charge in [-0.1, -0.05) is 6.92 Å². The van der Waals surface area contributed by atoms with Gasteiger partial charge in [-0.05, 0) is 37.6 Å². The largest absolute Gasteiger partial charge is 0.441 e. The minimum Gasteiger partial charge on any atom is -0.441 e. The molecule has 6 nitrogen and oxygen atoms in total. The molecular formula is C19H18N4O2S. The maximum absolute atomic E-state index is 12.8. The standard InChI is InChI=1S/C19H18N4O2S/c1-5-15-20-10(3)16-9(2)17(26-19(16)23-15)18(24)22-12-6-7-14-13(8-12)21-11(4)25-14/h6-8H,5H2,1-4H3,(H,22,24). The molecule has 4 aromatic rings. The van der Waals surface area contributed by atoms with Crippen LogP contribution in [0.2, 0.25) is 0 Å². The zero-order valence-corrected chi connectivity index (χ0v) is 15.8. The van der Waals surface area contributed by atoms with Crippen molar-refractivity contribution in [1.29, 1.82) is 0 Å². The van der Waals surface area contributed by atoms with E-state index in [1.807, 2.05) is 39.0 Å². The number of thiophene rings is 1. The number of nitrogens with one attached hydrogen (secondary N) is 1. The molecule has 0 atom stereocenters. The summed E-state index contributed by atoms with van der Waals surface area (Å²) in [6.07, 6.45) is 0.770. The van der Waals surface area contributed by atoms with Crippen LogP contribution in [0.1, 0.15) is 39.6 Å². The summed E-state index contributed by atoms with van der Waals surface area (Å²) in [5.41, 5.74) is 3.95. The summed E-state index contributed by atoms with van der Waals surface area (Å²) in [6.45, 7) is 7.73. The molecule has 132 valence electrons. The molecule has 1 N–H and O–H groups in total. The lowest BCUT2D eigenvalue weighted by Gasteiger charge is -2.04. The first kappa shape index (κ1) is 16.7. The molecule has 0 saturated heterocycles. The summed E-state index contributed by atoms with van der Waals surface area (Å²) in [7, 11) is 0. The van der Waals surface area contributed by atoms with Crippen LogP contribution in [0.4, 0.5) is 5.69 Å². The van der Waals surface area contributed by atoms with Gasteiger partial charge in [-0.2, -0.15) is 0 Å². The molecule has 3 heterocycles. The molecule has 0 fully saturated rings. The van der Waals surface area contributed by atoms with Crippen molar-refractivity contribution in [3.8, 4) is 0 Å². The molecule has 0 spiro atoms. The first-order chi connectivity index (χ1) is 12.5. The molecule has 0 aliphatic carbocycles. The average Bonchev–Trinajstić information content (AvgIpc) is 3.13. The Bertz CT molecular complexity index is 1160. The van der Waals surface area contributed by atoms with E-state index in [0.29, 0.717) is 22.0 Å². The highest BCUT2D eigenvalue weighted by Gasteiger charge is 2.19. The van der Waals surface area contributed by atoms with Gasteiger partial charge in [-0.3, -0.25) is 4.79 Å². The van der Waals surface area contributed by atoms with Gasteiger partial charge in [0.25, 0.3) is 5.91 Å². The molecule has 7 heteroatoms. The quantitative estimate of drug-likeness (QED) is 0.574. The Hall–Kier alpha value is -2.80. The number of amides is 1. The molecule has 4 rings (SSSR count). The van der Waals surface area contributed by atoms with Crippen molar-refractivity contribution in [2.75, 3.05) is 5.32 Å². The second kappa shape index (κ2) is 6.17. The topological polar surface area (TPSA) is 80.9 Å². The number of carbonyl (C=O) groups is 1. The number of oxazole rings is 1. The SMILES string of the molecule is CCc1nc(C)c2c(C)c(C(=O)Nc3ccc4oc(C)nc4c3)sc2n1. The fourth-order valence-corrected chi connectivity index (χ4v) is 4.22. The zero-order chi connectivity index (χ0) is 18.4. The van der Waals surface area contributed by atoms with Crippen molar-refractivity contribution in [2.24, 2.45) is 0 Å². The number of fused-ring (bicyclic) bond motifs is 2. The van der Waals surface area contributed by atoms with E-state index in [2.05, 4.69) is 20.3 Å². The Balaban J connectivity index is 1.70. The summed E-state index contributed by atoms with van der Waals surface area (Å²) in [5.74, 6) is 1.25. The van der Waals surface area contributed by atoms with Gasteiger partial charge in [0.2, 0.25) is 0 Å². The maximum Gasteiger partial charge on any atom is 0.266 e. The Labute approximate surface area is 154 Å². The molecule has 1 amide bonds. The second-order valence-corrected chi connectivity index (χ2v) is 7.18. The third-order valence-electron chi connectivity index (χ3n) is 4.29. The average molecular weight is 366 g/mol. The fraction of sp³-hybridized carbons (Fsp3) is 0.263. The van der Waals surface area contributed by atoms with Gasteiger partial charge in [-0.15, -0.1) is 11.3 Å². The number of carbonyl (C=O) groups excluding carboxylic acids is 1. The fourth-order valence-electron chi connectivity index (χ4n) is 3.08. The number of aryl methyl sites for hydroxylation is 4. The summed E-state index contributed by atoms with van der Waals surface area (Å²) in [6, 6.07) is 5.44. The predicted molar refractivity (Wildman–Crippen MR) is 103 cm³/mol. The van der Waals surface area contributed by atoms with Crippen molar-refractivity contribution in [3.05, 3.63) is 46.0 Å². The highest BCUT2D eigenvalue weighted by Crippen LogP contribution is 2.32. The van der Waals surface area contributed by atoms with Gasteiger partial charge < -0.3 is 9.73 Å². The van der Waals surface area contributed by atoms with Gasteiger partial charge in [0, 0.05) is 30.1 Å². The van der Waals surface area contributed by atoms with Crippen molar-refractivity contribution in [3.63, 3.8) is 0 Å². The molecular weight excluding hydrogens is 348 g/mol. The first-order valence-corrected chi connectivity index (χ1v) is 9.23. The van der Waals surface area contributed by atoms with Crippen LogP contribution < -0.4 is 5.32 Å². The Kier molecular flexibility index (Phi) is 3.96. The van der Waals surface area contributed by atoms with E-state index in [1.54, 1.807) is 6.92 Å². The third-order valence-corrected chi connectivity index (χ3v) is 5.48. The van der Waals surface area contributed by atoms with Gasteiger partial charge in [0.15, 0.2) is 11.5 Å². The Morgan fingerprint density at radius 3 is 2.77 bits per heavy atom. The molecule has 1 aromatic carbocycles. The zero-order valence-electron chi connectivity index (χ0n) is 15.0. The summed E-state index contributed by atoms with van der Waals surface area (Å²) < 4.78 is 5.47. The van der Waals surface area contributed by atoms with Crippen LogP contribution in [-0.2, 0) is 6.42 Å². The van der Waals surface area contributed by atoms with Crippen molar-refractivity contribution in [1.82, 2.24) is 15.0 Å². The Morgan fingerprint density at radius 2 is 2.00 bits per heavy atom. The lowest BCUT2D eigenvalue weighted by Crippen LogP contribution is -2.11. The van der Waals surface area contributed by atoms with Gasteiger partial charge >= 0.3 is 0 Å². The monoisotopic (exact) mass is 366 g/mol. The van der Waals surface area contributed by atoms with Crippen LogP contribution >= 0.6 is 11.3 Å². The van der Waals surface area contributed by atoms with Crippen LogP contribution in [0.15, 0.2) is 22.6 Å². The molecule has 0 saturated carbocycles. The van der Waals surface area contributed by atoms with E-state index in [-0.39, 0.29) is 5.91 Å². The molecule has 0 aliphatic heterocycles. The van der Waals surface area contributed by atoms with Crippen molar-refractivity contribution >= 4 is 44.2 Å². The van der Waals surface area contributed by atoms with Gasteiger partial charge in [0.05, 0.1) is 4.88 Å². The predicted octanol–water partition coefficient (Wildman–Crippen LogP) is 4.57. The number of anilines is 1. The lowest BCUT2D eigenvalue weighted by molar-refractivity contribution is 0.103. The van der Waals surface area contributed by atoms with Crippen LogP contribution in [0.25, 0.3) is 21.3 Å². The van der Waals surface area contributed by atoms with E-state index in [0.717, 1.165) is 39.2 Å². The number of hydrogen-bond donors (Lipinski definition) is 1. The van der Waals surface area contributed by atoms with E-state index in [9.17, 15) is 4.79 Å². The molecule has 26 heavy (non-hydrogen) atoms. The molecule has 0 unspecified atom stereocenters. The number of hydrogen-bond acceptors (Lipinski definition) is 6. The number of nitrogens with zero attached hydrogens (tertiary/aromatic N) is 3. The Morgan fingerprint density at radius 1 is 1.19 bits per heavy atom. The molecule has 0 bridgehead atoms. The molecule has 3 aromatic heterocycles. The van der Waals surface area contributed by atoms with E-state index >= 15 is 0 Å². The van der Waals surface area contributed by atoms with E-state index in [4.69, 9.17) is 4.42 Å². The summed E-state index contributed by atoms with van der Waals surface area (Å²) >= 11 is 1.41. The lowest BCUT2D eigenvalue weighted by atomic mass is 10.1. The number of rotatable bonds is 3. The number of aromatic nitrogens is 3. The first-order valence-electron chi connectivity index (χ1n) is 8.41. The second-order valence-electron chi connectivity index (χ2n) is 6.18. The van der Waals surface area contributed by atoms with Crippen LogP contribution in [-0.4, -0.2) is 20.9 Å². The van der Waals surface area contributed by atoms with Gasteiger partial charge in [-0.25, -0.2) is 15.0 Å². The smallest absolute Gasteiger partial charge is 0.266 e. The van der Waals surface area contributed by atoms with Gasteiger partial charge in [0.1, 0.15) is 16.2 Å². The van der Waals surface area contributed by atoms with Crippen molar-refractivity contribution < 1.29 is 9.21 Å². The van der Waals surface area contributed by atoms with E-state index < -0.39 is 0 Å². The van der Waals surface area contributed by atoms with E-state index in [1.165, 1.54) is 11.3 Å².